The lowest BCUT2D eigenvalue weighted by Crippen LogP contribution is -2.46. The van der Waals surface area contributed by atoms with Gasteiger partial charge in [0.05, 0.1) is 25.2 Å². The van der Waals surface area contributed by atoms with Crippen LogP contribution in [0.2, 0.25) is 0 Å². The van der Waals surface area contributed by atoms with Crippen LogP contribution in [0.15, 0.2) is 122 Å². The Kier molecular flexibility index (Phi) is 54.2. The van der Waals surface area contributed by atoms with Crippen LogP contribution in [0, 0.1) is 0 Å². The number of carbonyl (C=O) groups is 2. The van der Waals surface area contributed by atoms with Crippen LogP contribution in [0.4, 0.5) is 0 Å². The first-order chi connectivity index (χ1) is 35.0. The Bertz CT molecular complexity index is 1480. The first kappa shape index (κ1) is 67.3. The van der Waals surface area contributed by atoms with Gasteiger partial charge in [0.25, 0.3) is 0 Å². The van der Waals surface area contributed by atoms with E-state index < -0.39 is 18.2 Å². The standard InChI is InChI=1S/C65H109NO5/c1-4-7-10-13-16-19-22-25-28-31-32-34-37-40-43-46-49-52-55-58-65(70)71-61(56-53-50-47-44-41-38-35-30-27-24-21-18-15-12-9-6-3)59-64(69)66-62(60-67)63(68)57-54-51-48-45-42-39-36-33-29-26-23-20-17-14-11-8-5-2/h7,10,16,18-19,21,24-25,27-28,30,32,34-35,38,40-41,43,49,52,61-63,67-68H,4-6,8-9,11-15,17,20,22-23,26,29,31,33,36-37,39,42,44-48,50-51,53-60H2,1-3H3,(H,66,69)/b10-7-,19-16-,21-18+,27-24+,28-25-,34-32-,35-30+,41-38+,43-40-,52-49-. The van der Waals surface area contributed by atoms with Crippen molar-refractivity contribution in [3.05, 3.63) is 122 Å². The summed E-state index contributed by atoms with van der Waals surface area (Å²) in [6.45, 7) is 6.32. The number of ether oxygens (including phenoxy) is 1. The Labute approximate surface area is 438 Å². The summed E-state index contributed by atoms with van der Waals surface area (Å²) in [5, 5.41) is 23.9. The molecule has 0 aromatic rings. The minimum Gasteiger partial charge on any atom is -0.462 e. The SMILES string of the molecule is CC/C=C\C/C=C\C/C=C\C/C=C\C/C=C\C/C=C\CCC(=O)OC(CCCCC/C=C/C=C/C=C/C=C/CCCCC)CC(=O)NC(CO)C(O)CCCCCCCCCCCCCCCCCCC. The highest BCUT2D eigenvalue weighted by molar-refractivity contribution is 5.77. The van der Waals surface area contributed by atoms with Gasteiger partial charge in [0.15, 0.2) is 0 Å². The number of allylic oxidation sites excluding steroid dienone is 20. The molecule has 0 fully saturated rings. The summed E-state index contributed by atoms with van der Waals surface area (Å²) in [4.78, 5) is 26.3. The monoisotopic (exact) mass is 984 g/mol. The predicted molar refractivity (Wildman–Crippen MR) is 310 cm³/mol. The number of amides is 1. The molecular weight excluding hydrogens is 875 g/mol. The van der Waals surface area contributed by atoms with Gasteiger partial charge in [-0.1, -0.05) is 271 Å². The van der Waals surface area contributed by atoms with Crippen molar-refractivity contribution in [2.45, 2.75) is 270 Å². The molecule has 0 aromatic carbocycles. The molecule has 0 saturated heterocycles. The maximum atomic E-state index is 13.3. The second-order valence-corrected chi connectivity index (χ2v) is 19.4. The van der Waals surface area contributed by atoms with E-state index >= 15 is 0 Å². The van der Waals surface area contributed by atoms with E-state index in [1.165, 1.54) is 109 Å². The minimum absolute atomic E-state index is 0.0140. The van der Waals surface area contributed by atoms with Crippen LogP contribution in [-0.4, -0.2) is 46.9 Å². The molecule has 0 rings (SSSR count). The lowest BCUT2D eigenvalue weighted by molar-refractivity contribution is -0.150. The number of aliphatic hydroxyl groups excluding tert-OH is 2. The van der Waals surface area contributed by atoms with Crippen molar-refractivity contribution in [3.63, 3.8) is 0 Å². The molecule has 0 bridgehead atoms. The summed E-state index contributed by atoms with van der Waals surface area (Å²) in [5.41, 5.74) is 0. The number of unbranched alkanes of at least 4 members (excludes halogenated alkanes) is 22. The first-order valence-electron chi connectivity index (χ1n) is 29.3. The fraction of sp³-hybridized carbons (Fsp3) is 0.662. The van der Waals surface area contributed by atoms with Crippen molar-refractivity contribution >= 4 is 11.9 Å². The fourth-order valence-electron chi connectivity index (χ4n) is 8.23. The number of aliphatic hydroxyl groups is 2. The molecule has 0 aliphatic carbocycles. The van der Waals surface area contributed by atoms with Crippen molar-refractivity contribution < 1.29 is 24.5 Å². The Morgan fingerprint density at radius 1 is 0.437 bits per heavy atom. The molecule has 0 aliphatic rings. The molecule has 6 heteroatoms. The largest absolute Gasteiger partial charge is 0.462 e. The van der Waals surface area contributed by atoms with Gasteiger partial charge in [-0.2, -0.15) is 0 Å². The Morgan fingerprint density at radius 3 is 1.28 bits per heavy atom. The summed E-state index contributed by atoms with van der Waals surface area (Å²) in [6.07, 6.45) is 79.8. The molecule has 3 N–H and O–H groups in total. The summed E-state index contributed by atoms with van der Waals surface area (Å²) in [5.74, 6) is -0.619. The lowest BCUT2D eigenvalue weighted by Gasteiger charge is -2.24. The first-order valence-corrected chi connectivity index (χ1v) is 29.3. The molecule has 6 nitrogen and oxygen atoms in total. The van der Waals surface area contributed by atoms with Gasteiger partial charge < -0.3 is 20.3 Å². The van der Waals surface area contributed by atoms with Gasteiger partial charge in [0.2, 0.25) is 5.91 Å². The van der Waals surface area contributed by atoms with E-state index in [0.717, 1.165) is 89.9 Å². The van der Waals surface area contributed by atoms with Gasteiger partial charge >= 0.3 is 5.97 Å². The zero-order valence-corrected chi connectivity index (χ0v) is 46.1. The van der Waals surface area contributed by atoms with Crippen LogP contribution < -0.4 is 5.32 Å². The predicted octanol–water partition coefficient (Wildman–Crippen LogP) is 18.4. The second-order valence-electron chi connectivity index (χ2n) is 19.4. The third-order valence-electron chi connectivity index (χ3n) is 12.6. The van der Waals surface area contributed by atoms with Gasteiger partial charge in [-0.3, -0.25) is 9.59 Å². The van der Waals surface area contributed by atoms with E-state index in [4.69, 9.17) is 4.74 Å². The molecule has 1 amide bonds. The molecule has 0 spiro atoms. The van der Waals surface area contributed by atoms with Crippen molar-refractivity contribution in [2.75, 3.05) is 6.61 Å². The smallest absolute Gasteiger partial charge is 0.306 e. The quantitative estimate of drug-likeness (QED) is 0.0244. The summed E-state index contributed by atoms with van der Waals surface area (Å²) < 4.78 is 5.90. The zero-order chi connectivity index (χ0) is 51.6. The van der Waals surface area contributed by atoms with Crippen molar-refractivity contribution in [3.8, 4) is 0 Å². The number of nitrogens with one attached hydrogen (secondary N) is 1. The number of rotatable bonds is 51. The van der Waals surface area contributed by atoms with Crippen LogP contribution in [-0.2, 0) is 14.3 Å². The lowest BCUT2D eigenvalue weighted by atomic mass is 10.0. The number of hydrogen-bond donors (Lipinski definition) is 3. The van der Waals surface area contributed by atoms with Gasteiger partial charge in [0.1, 0.15) is 6.10 Å². The van der Waals surface area contributed by atoms with Crippen LogP contribution in [0.5, 0.6) is 0 Å². The average molecular weight is 985 g/mol. The highest BCUT2D eigenvalue weighted by Crippen LogP contribution is 2.17. The van der Waals surface area contributed by atoms with Crippen LogP contribution in [0.3, 0.4) is 0 Å². The van der Waals surface area contributed by atoms with Crippen LogP contribution in [0.25, 0.3) is 0 Å². The molecule has 0 heterocycles. The Morgan fingerprint density at radius 2 is 0.817 bits per heavy atom. The second kappa shape index (κ2) is 57.2. The molecule has 3 unspecified atom stereocenters. The molecule has 0 aromatic heterocycles. The summed E-state index contributed by atoms with van der Waals surface area (Å²) in [6, 6.07) is -0.739. The average Bonchev–Trinajstić information content (AvgIpc) is 3.36. The molecule has 404 valence electrons. The number of hydrogen-bond acceptors (Lipinski definition) is 5. The highest BCUT2D eigenvalue weighted by Gasteiger charge is 2.24. The maximum Gasteiger partial charge on any atom is 0.306 e. The minimum atomic E-state index is -0.821. The number of esters is 1. The van der Waals surface area contributed by atoms with Crippen molar-refractivity contribution in [1.29, 1.82) is 0 Å². The van der Waals surface area contributed by atoms with Crippen LogP contribution >= 0.6 is 0 Å². The fourth-order valence-corrected chi connectivity index (χ4v) is 8.23. The molecule has 0 aliphatic heterocycles. The normalized spacial score (nSPS) is 14.0. The Balaban J connectivity index is 4.75. The van der Waals surface area contributed by atoms with Crippen molar-refractivity contribution in [2.24, 2.45) is 0 Å². The van der Waals surface area contributed by atoms with Crippen LogP contribution in [0.1, 0.15) is 252 Å². The third-order valence-corrected chi connectivity index (χ3v) is 12.6. The maximum absolute atomic E-state index is 13.3. The van der Waals surface area contributed by atoms with E-state index in [1.54, 1.807) is 0 Å². The van der Waals surface area contributed by atoms with E-state index in [9.17, 15) is 19.8 Å². The molecular formula is C65H109NO5. The topological polar surface area (TPSA) is 95.9 Å². The van der Waals surface area contributed by atoms with Crippen molar-refractivity contribution in [1.82, 2.24) is 5.32 Å². The third kappa shape index (κ3) is 52.4. The van der Waals surface area contributed by atoms with E-state index in [1.807, 2.05) is 24.3 Å². The summed E-state index contributed by atoms with van der Waals surface area (Å²) in [7, 11) is 0. The van der Waals surface area contributed by atoms with Gasteiger partial charge in [-0.25, -0.2) is 0 Å². The van der Waals surface area contributed by atoms with E-state index in [-0.39, 0.29) is 31.3 Å². The highest BCUT2D eigenvalue weighted by atomic mass is 16.5. The van der Waals surface area contributed by atoms with E-state index in [2.05, 4.69) is 123 Å². The van der Waals surface area contributed by atoms with Gasteiger partial charge in [0, 0.05) is 6.42 Å². The van der Waals surface area contributed by atoms with Gasteiger partial charge in [-0.15, -0.1) is 0 Å². The molecule has 71 heavy (non-hydrogen) atoms. The molecule has 3 atom stereocenters. The summed E-state index contributed by atoms with van der Waals surface area (Å²) >= 11 is 0. The number of carbonyl (C=O) groups excluding carboxylic acids is 2. The molecule has 0 saturated carbocycles. The molecule has 0 radical (unpaired) electrons. The Hall–Kier alpha value is -3.74. The van der Waals surface area contributed by atoms with Gasteiger partial charge in [-0.05, 0) is 89.9 Å². The zero-order valence-electron chi connectivity index (χ0n) is 46.1. The van der Waals surface area contributed by atoms with E-state index in [0.29, 0.717) is 19.3 Å².